The number of hydrogen-bond acceptors (Lipinski definition) is 5. The van der Waals surface area contributed by atoms with E-state index in [-0.39, 0.29) is 11.6 Å². The summed E-state index contributed by atoms with van der Waals surface area (Å²) in [6.45, 7) is 1.31. The molecular weight excluding hydrogens is 319 g/mol. The molecule has 0 amide bonds. The molecule has 7 nitrogen and oxygen atoms in total. The molecule has 0 aliphatic carbocycles. The number of benzene rings is 1. The summed E-state index contributed by atoms with van der Waals surface area (Å²) in [5, 5.41) is -0.122. The predicted octanol–water partition coefficient (Wildman–Crippen LogP) is 1.54. The van der Waals surface area contributed by atoms with Crippen LogP contribution in [0, 0.1) is 0 Å². The van der Waals surface area contributed by atoms with Gasteiger partial charge in [-0.05, 0) is 19.1 Å². The summed E-state index contributed by atoms with van der Waals surface area (Å²) in [5.74, 6) is 0. The Morgan fingerprint density at radius 2 is 1.95 bits per heavy atom. The molecule has 1 unspecified atom stereocenters. The number of rotatable bonds is 6. The summed E-state index contributed by atoms with van der Waals surface area (Å²) >= 11 is 5.69. The Bertz CT molecular complexity index is 582. The number of ether oxygens (including phenoxy) is 1. The van der Waals surface area contributed by atoms with Gasteiger partial charge in [0.15, 0.2) is 0 Å². The molecule has 0 aromatic heterocycles. The Hall–Kier alpha value is -0.470. The minimum absolute atomic E-state index is 0.122. The maximum Gasteiger partial charge on any atom is 0.382 e. The second kappa shape index (κ2) is 6.32. The molecule has 1 atom stereocenters. The summed E-state index contributed by atoms with van der Waals surface area (Å²) in [5.41, 5.74) is 0. The van der Waals surface area contributed by atoms with Gasteiger partial charge in [-0.3, -0.25) is 4.57 Å². The highest BCUT2D eigenvalue weighted by Crippen LogP contribution is 2.44. The van der Waals surface area contributed by atoms with E-state index in [4.69, 9.17) is 21.4 Å². The van der Waals surface area contributed by atoms with Crippen molar-refractivity contribution >= 4 is 29.3 Å². The highest BCUT2D eigenvalue weighted by Gasteiger charge is 2.36. The summed E-state index contributed by atoms with van der Waals surface area (Å²) in [6, 6.07) is 3.17. The quantitative estimate of drug-likeness (QED) is 0.462. The average molecular weight is 331 g/mol. The lowest BCUT2D eigenvalue weighted by molar-refractivity contribution is -0.0281. The van der Waals surface area contributed by atoms with Gasteiger partial charge in [0.05, 0.1) is 5.02 Å². The molecule has 0 heterocycles. The van der Waals surface area contributed by atoms with Crippen LogP contribution in [0.4, 0.5) is 0 Å². The van der Waals surface area contributed by atoms with E-state index in [0.717, 1.165) is 6.07 Å². The second-order valence-corrected chi connectivity index (χ2v) is 6.88. The van der Waals surface area contributed by atoms with Crippen molar-refractivity contribution in [3.05, 3.63) is 29.3 Å². The largest absolute Gasteiger partial charge is 0.382 e. The Morgan fingerprint density at radius 3 is 2.42 bits per heavy atom. The third kappa shape index (κ3) is 4.54. The van der Waals surface area contributed by atoms with Crippen molar-refractivity contribution in [3.63, 3.8) is 0 Å². The smallest absolute Gasteiger partial charge is 0.342 e. The van der Waals surface area contributed by atoms with Crippen molar-refractivity contribution in [2.24, 2.45) is 0 Å². The monoisotopic (exact) mass is 330 g/mol. The van der Waals surface area contributed by atoms with Crippen LogP contribution in [0.25, 0.3) is 0 Å². The van der Waals surface area contributed by atoms with Gasteiger partial charge < -0.3 is 14.5 Å². The summed E-state index contributed by atoms with van der Waals surface area (Å²) in [4.78, 5) is 17.5. The van der Waals surface area contributed by atoms with Crippen LogP contribution in [0.2, 0.25) is 5.02 Å². The van der Waals surface area contributed by atoms with Crippen LogP contribution in [0.1, 0.15) is 6.92 Å². The van der Waals surface area contributed by atoms with E-state index >= 15 is 0 Å². The predicted molar refractivity (Wildman–Crippen MR) is 67.2 cm³/mol. The van der Waals surface area contributed by atoms with E-state index < -0.39 is 28.6 Å². The topological polar surface area (TPSA) is 110 Å². The van der Waals surface area contributed by atoms with Gasteiger partial charge in [0.1, 0.15) is 4.90 Å². The van der Waals surface area contributed by atoms with Crippen LogP contribution in [0.5, 0.6) is 0 Å². The molecule has 0 aliphatic rings. The van der Waals surface area contributed by atoms with Gasteiger partial charge in [0, 0.05) is 6.61 Å². The molecule has 108 valence electrons. The first-order valence-electron chi connectivity index (χ1n) is 5.03. The molecule has 0 spiro atoms. The Kier molecular flexibility index (Phi) is 5.52. The van der Waals surface area contributed by atoms with Crippen molar-refractivity contribution in [2.45, 2.75) is 17.9 Å². The average Bonchev–Trinajstić information content (AvgIpc) is 2.27. The Labute approximate surface area is 115 Å². The molecule has 1 aromatic carbocycles. The fourth-order valence-corrected chi connectivity index (χ4v) is 3.61. The summed E-state index contributed by atoms with van der Waals surface area (Å²) in [7, 11) is -9.34. The van der Waals surface area contributed by atoms with Crippen molar-refractivity contribution in [1.29, 1.82) is 0 Å². The lowest BCUT2D eigenvalue weighted by Gasteiger charge is -2.18. The van der Waals surface area contributed by atoms with Gasteiger partial charge in [0.2, 0.25) is 0 Å². The molecule has 0 aliphatic heterocycles. The van der Waals surface area contributed by atoms with Crippen LogP contribution in [-0.4, -0.2) is 30.8 Å². The van der Waals surface area contributed by atoms with Crippen LogP contribution in [-0.2, 0) is 23.6 Å². The first-order chi connectivity index (χ1) is 8.68. The lowest BCUT2D eigenvalue weighted by atomic mass is 10.4. The van der Waals surface area contributed by atoms with Gasteiger partial charge in [-0.25, -0.2) is 4.18 Å². The van der Waals surface area contributed by atoms with Gasteiger partial charge in [-0.2, -0.15) is 8.42 Å². The van der Waals surface area contributed by atoms with Gasteiger partial charge in [-0.1, -0.05) is 23.7 Å². The van der Waals surface area contributed by atoms with Gasteiger partial charge in [0.25, 0.3) is 6.03 Å². The molecule has 0 bridgehead atoms. The van der Waals surface area contributed by atoms with Crippen LogP contribution in [0.3, 0.4) is 0 Å². The van der Waals surface area contributed by atoms with Gasteiger partial charge in [-0.15, -0.1) is 0 Å². The van der Waals surface area contributed by atoms with Crippen LogP contribution >= 0.6 is 19.2 Å². The SMILES string of the molecule is CCOC(OS(=O)(=O)c1ccccc1Cl)P(=O)(O)O. The van der Waals surface area contributed by atoms with E-state index in [1.165, 1.54) is 25.1 Å². The maximum absolute atomic E-state index is 11.9. The highest BCUT2D eigenvalue weighted by atomic mass is 35.5. The van der Waals surface area contributed by atoms with Crippen molar-refractivity contribution in [3.8, 4) is 0 Å². The van der Waals surface area contributed by atoms with Crippen LogP contribution in [0.15, 0.2) is 29.2 Å². The summed E-state index contributed by atoms with van der Waals surface area (Å²) in [6.07, 6.45) is 0. The van der Waals surface area contributed by atoms with Crippen LogP contribution < -0.4 is 0 Å². The number of halogens is 1. The lowest BCUT2D eigenvalue weighted by Crippen LogP contribution is -2.22. The minimum atomic E-state index is -4.89. The Morgan fingerprint density at radius 1 is 1.37 bits per heavy atom. The fraction of sp³-hybridized carbons (Fsp3) is 0.333. The zero-order valence-electron chi connectivity index (χ0n) is 9.76. The molecular formula is C9H12ClO7PS. The molecule has 1 aromatic rings. The standard InChI is InChI=1S/C9H12ClO7PS/c1-2-16-9(18(11,12)13)17-19(14,15)8-6-4-3-5-7(8)10/h3-6,9H,2H2,1H3,(H2,11,12,13). The Balaban J connectivity index is 3.09. The second-order valence-electron chi connectivity index (χ2n) is 3.33. The van der Waals surface area contributed by atoms with E-state index in [9.17, 15) is 13.0 Å². The first-order valence-corrected chi connectivity index (χ1v) is 8.50. The minimum Gasteiger partial charge on any atom is -0.342 e. The molecule has 0 saturated carbocycles. The van der Waals surface area contributed by atoms with E-state index in [1.807, 2.05) is 0 Å². The molecule has 10 heteroatoms. The first kappa shape index (κ1) is 16.6. The molecule has 0 saturated heterocycles. The van der Waals surface area contributed by atoms with Crippen molar-refractivity contribution in [1.82, 2.24) is 0 Å². The molecule has 1 rings (SSSR count). The van der Waals surface area contributed by atoms with Crippen molar-refractivity contribution < 1.29 is 31.7 Å². The third-order valence-corrected chi connectivity index (χ3v) is 4.61. The molecule has 0 fully saturated rings. The zero-order valence-corrected chi connectivity index (χ0v) is 12.2. The normalized spacial score (nSPS) is 14.3. The van der Waals surface area contributed by atoms with E-state index in [2.05, 4.69) is 8.92 Å². The van der Waals surface area contributed by atoms with Gasteiger partial charge >= 0.3 is 17.7 Å². The molecule has 2 N–H and O–H groups in total. The van der Waals surface area contributed by atoms with E-state index in [1.54, 1.807) is 0 Å². The fourth-order valence-electron chi connectivity index (χ4n) is 1.13. The molecule has 19 heavy (non-hydrogen) atoms. The zero-order chi connectivity index (χ0) is 14.7. The highest BCUT2D eigenvalue weighted by molar-refractivity contribution is 7.87. The van der Waals surface area contributed by atoms with Crippen molar-refractivity contribution in [2.75, 3.05) is 6.61 Å². The maximum atomic E-state index is 11.9. The molecule has 0 radical (unpaired) electrons. The third-order valence-electron chi connectivity index (χ3n) is 1.90. The van der Waals surface area contributed by atoms with E-state index in [0.29, 0.717) is 0 Å². The number of hydrogen-bond donors (Lipinski definition) is 2. The summed E-state index contributed by atoms with van der Waals surface area (Å²) < 4.78 is 43.8.